The summed E-state index contributed by atoms with van der Waals surface area (Å²) < 4.78 is 32.7. The third kappa shape index (κ3) is 4.89. The van der Waals surface area contributed by atoms with Crippen molar-refractivity contribution in [2.45, 2.75) is 11.8 Å². The number of ether oxygens (including phenoxy) is 1. The topological polar surface area (TPSA) is 104 Å². The molecule has 8 nitrogen and oxygen atoms in total. The van der Waals surface area contributed by atoms with Crippen molar-refractivity contribution in [1.29, 1.82) is 0 Å². The summed E-state index contributed by atoms with van der Waals surface area (Å²) in [6.45, 7) is 1.95. The molecule has 33 heavy (non-hydrogen) atoms. The van der Waals surface area contributed by atoms with E-state index in [1.54, 1.807) is 30.3 Å². The largest absolute Gasteiger partial charge is 0.492 e. The molecule has 0 atom stereocenters. The molecule has 0 saturated heterocycles. The maximum absolute atomic E-state index is 13.1. The zero-order chi connectivity index (χ0) is 23.4. The average Bonchev–Trinajstić information content (AvgIpc) is 3.24. The number of likely N-dealkylation sites (N-methyl/N-ethyl adjacent to an activating group) is 1. The van der Waals surface area contributed by atoms with Crippen molar-refractivity contribution in [3.05, 3.63) is 72.8 Å². The Morgan fingerprint density at radius 3 is 2.55 bits per heavy atom. The van der Waals surface area contributed by atoms with Crippen LogP contribution in [0.15, 0.2) is 77.7 Å². The summed E-state index contributed by atoms with van der Waals surface area (Å²) in [6, 6.07) is 21.3. The van der Waals surface area contributed by atoms with Gasteiger partial charge in [0.2, 0.25) is 15.9 Å². The standard InChI is InChI=1S/C24H24N4O4S/c1-3-32-22-12-8-7-11-20(22)25-23(29)16-28(2)33(30,31)18-13-14-19-21(15-18)27-24(26-19)17-9-5-4-6-10-17/h4-15H,3,16H2,1-2H3,(H,25,29)(H,26,27). The highest BCUT2D eigenvalue weighted by molar-refractivity contribution is 7.89. The summed E-state index contributed by atoms with van der Waals surface area (Å²) >= 11 is 0. The molecule has 0 radical (unpaired) electrons. The van der Waals surface area contributed by atoms with E-state index in [9.17, 15) is 13.2 Å². The number of benzene rings is 3. The van der Waals surface area contributed by atoms with Crippen LogP contribution in [-0.4, -0.2) is 48.8 Å². The van der Waals surface area contributed by atoms with Crippen molar-refractivity contribution in [3.63, 3.8) is 0 Å². The third-order valence-corrected chi connectivity index (χ3v) is 6.84. The van der Waals surface area contributed by atoms with Crippen molar-refractivity contribution in [3.8, 4) is 17.1 Å². The first-order chi connectivity index (χ1) is 15.9. The van der Waals surface area contributed by atoms with Gasteiger partial charge in [0.25, 0.3) is 0 Å². The lowest BCUT2D eigenvalue weighted by Crippen LogP contribution is -2.35. The first kappa shape index (κ1) is 22.5. The Hall–Kier alpha value is -3.69. The van der Waals surface area contributed by atoms with E-state index in [4.69, 9.17) is 4.74 Å². The average molecular weight is 465 g/mol. The van der Waals surface area contributed by atoms with E-state index in [2.05, 4.69) is 15.3 Å². The Labute approximate surface area is 192 Å². The molecule has 0 fully saturated rings. The van der Waals surface area contributed by atoms with Crippen LogP contribution in [0.25, 0.3) is 22.4 Å². The molecule has 4 rings (SSSR count). The van der Waals surface area contributed by atoms with Gasteiger partial charge in [-0.15, -0.1) is 0 Å². The maximum Gasteiger partial charge on any atom is 0.243 e. The van der Waals surface area contributed by atoms with Crippen LogP contribution in [-0.2, 0) is 14.8 Å². The number of anilines is 1. The maximum atomic E-state index is 13.1. The molecule has 0 spiro atoms. The minimum atomic E-state index is -3.90. The molecule has 0 aliphatic rings. The summed E-state index contributed by atoms with van der Waals surface area (Å²) in [6.07, 6.45) is 0. The predicted octanol–water partition coefficient (Wildman–Crippen LogP) is 3.89. The molecule has 0 aliphatic carbocycles. The zero-order valence-electron chi connectivity index (χ0n) is 18.3. The van der Waals surface area contributed by atoms with Gasteiger partial charge in [-0.1, -0.05) is 42.5 Å². The number of nitrogens with zero attached hydrogens (tertiary/aromatic N) is 2. The second-order valence-electron chi connectivity index (χ2n) is 7.37. The highest BCUT2D eigenvalue weighted by Crippen LogP contribution is 2.25. The highest BCUT2D eigenvalue weighted by Gasteiger charge is 2.24. The van der Waals surface area contributed by atoms with Crippen molar-refractivity contribution in [2.24, 2.45) is 0 Å². The monoisotopic (exact) mass is 464 g/mol. The van der Waals surface area contributed by atoms with Crippen LogP contribution in [0.5, 0.6) is 5.75 Å². The minimum absolute atomic E-state index is 0.0725. The van der Waals surface area contributed by atoms with Crippen LogP contribution in [0.4, 0.5) is 5.69 Å². The normalized spacial score (nSPS) is 11.6. The van der Waals surface area contributed by atoms with Gasteiger partial charge in [0.05, 0.1) is 34.8 Å². The quantitative estimate of drug-likeness (QED) is 0.412. The van der Waals surface area contributed by atoms with E-state index in [0.29, 0.717) is 34.9 Å². The fourth-order valence-corrected chi connectivity index (χ4v) is 4.54. The second-order valence-corrected chi connectivity index (χ2v) is 9.41. The fourth-order valence-electron chi connectivity index (χ4n) is 3.39. The molecule has 2 N–H and O–H groups in total. The number of rotatable bonds is 8. The number of sulfonamides is 1. The van der Waals surface area contributed by atoms with E-state index in [1.165, 1.54) is 19.2 Å². The molecule has 4 aromatic rings. The van der Waals surface area contributed by atoms with Crippen molar-refractivity contribution < 1.29 is 17.9 Å². The summed E-state index contributed by atoms with van der Waals surface area (Å²) in [4.78, 5) is 20.3. The Bertz CT molecular complexity index is 1380. The van der Waals surface area contributed by atoms with Gasteiger partial charge in [-0.3, -0.25) is 4.79 Å². The van der Waals surface area contributed by atoms with Crippen LogP contribution in [0.3, 0.4) is 0 Å². The number of aromatic nitrogens is 2. The lowest BCUT2D eigenvalue weighted by molar-refractivity contribution is -0.116. The molecule has 0 saturated carbocycles. The Morgan fingerprint density at radius 1 is 1.06 bits per heavy atom. The Balaban J connectivity index is 1.52. The number of carbonyl (C=O) groups excluding carboxylic acids is 1. The van der Waals surface area contributed by atoms with E-state index >= 15 is 0 Å². The summed E-state index contributed by atoms with van der Waals surface area (Å²) in [5.41, 5.74) is 2.64. The summed E-state index contributed by atoms with van der Waals surface area (Å²) in [7, 11) is -2.53. The molecule has 0 bridgehead atoms. The third-order valence-electron chi connectivity index (χ3n) is 5.04. The molecule has 170 valence electrons. The second kappa shape index (κ2) is 9.43. The number of hydrogen-bond acceptors (Lipinski definition) is 5. The molecule has 0 unspecified atom stereocenters. The smallest absolute Gasteiger partial charge is 0.243 e. The molecule has 1 aromatic heterocycles. The molecular formula is C24H24N4O4S. The van der Waals surface area contributed by atoms with Gasteiger partial charge < -0.3 is 15.0 Å². The number of H-pyrrole nitrogens is 1. The lowest BCUT2D eigenvalue weighted by Gasteiger charge is -2.17. The number of carbonyl (C=O) groups is 1. The van der Waals surface area contributed by atoms with Gasteiger partial charge >= 0.3 is 0 Å². The highest BCUT2D eigenvalue weighted by atomic mass is 32.2. The van der Waals surface area contributed by atoms with Gasteiger partial charge in [0, 0.05) is 12.6 Å². The van der Waals surface area contributed by atoms with Gasteiger partial charge in [-0.25, -0.2) is 13.4 Å². The van der Waals surface area contributed by atoms with Crippen LogP contribution in [0.1, 0.15) is 6.92 Å². The van der Waals surface area contributed by atoms with Crippen molar-refractivity contribution >= 4 is 32.7 Å². The summed E-state index contributed by atoms with van der Waals surface area (Å²) in [5, 5.41) is 2.71. The van der Waals surface area contributed by atoms with Crippen LogP contribution >= 0.6 is 0 Å². The SMILES string of the molecule is CCOc1ccccc1NC(=O)CN(C)S(=O)(=O)c1ccc2nc(-c3ccccc3)[nH]c2c1. The number of nitrogens with one attached hydrogen (secondary N) is 2. The first-order valence-electron chi connectivity index (χ1n) is 10.4. The van der Waals surface area contributed by atoms with Gasteiger partial charge in [0.15, 0.2) is 0 Å². The Kier molecular flexibility index (Phi) is 6.43. The first-order valence-corrected chi connectivity index (χ1v) is 11.9. The van der Waals surface area contributed by atoms with Gasteiger partial charge in [-0.2, -0.15) is 4.31 Å². The van der Waals surface area contributed by atoms with Gasteiger partial charge in [0.1, 0.15) is 11.6 Å². The molecule has 1 heterocycles. The fraction of sp³-hybridized carbons (Fsp3) is 0.167. The van der Waals surface area contributed by atoms with Gasteiger partial charge in [-0.05, 0) is 37.3 Å². The van der Waals surface area contributed by atoms with Crippen molar-refractivity contribution in [1.82, 2.24) is 14.3 Å². The Morgan fingerprint density at radius 2 is 1.79 bits per heavy atom. The van der Waals surface area contributed by atoms with Crippen LogP contribution in [0, 0.1) is 0 Å². The van der Waals surface area contributed by atoms with Crippen molar-refractivity contribution in [2.75, 3.05) is 25.5 Å². The number of fused-ring (bicyclic) bond motifs is 1. The van der Waals surface area contributed by atoms with Crippen LogP contribution < -0.4 is 10.1 Å². The lowest BCUT2D eigenvalue weighted by atomic mass is 10.2. The number of aromatic amines is 1. The molecular weight excluding hydrogens is 440 g/mol. The minimum Gasteiger partial charge on any atom is -0.492 e. The summed E-state index contributed by atoms with van der Waals surface area (Å²) in [5.74, 6) is 0.709. The van der Waals surface area contributed by atoms with E-state index in [-0.39, 0.29) is 11.4 Å². The number of hydrogen-bond donors (Lipinski definition) is 2. The number of imidazole rings is 1. The van der Waals surface area contributed by atoms with Crippen LogP contribution in [0.2, 0.25) is 0 Å². The number of amides is 1. The predicted molar refractivity (Wildman–Crippen MR) is 128 cm³/mol. The molecule has 9 heteroatoms. The van der Waals surface area contributed by atoms with E-state index in [1.807, 2.05) is 37.3 Å². The number of para-hydroxylation sites is 2. The zero-order valence-corrected chi connectivity index (χ0v) is 19.1. The van der Waals surface area contributed by atoms with E-state index < -0.39 is 15.9 Å². The molecule has 1 amide bonds. The van der Waals surface area contributed by atoms with E-state index in [0.717, 1.165) is 9.87 Å². The molecule has 3 aromatic carbocycles. The molecule has 0 aliphatic heterocycles.